The molecular weight excluding hydrogens is 250 g/mol. The smallest absolute Gasteiger partial charge is 0.141 e. The number of pyridine rings is 1. The minimum atomic E-state index is -0.0705. The second-order valence-electron chi connectivity index (χ2n) is 5.67. The number of hydrogen-bond acceptors (Lipinski definition) is 3. The van der Waals surface area contributed by atoms with Crippen molar-refractivity contribution in [2.75, 3.05) is 0 Å². The van der Waals surface area contributed by atoms with Gasteiger partial charge in [0.05, 0.1) is 0 Å². The van der Waals surface area contributed by atoms with Gasteiger partial charge in [0.1, 0.15) is 23.0 Å². The van der Waals surface area contributed by atoms with Crippen molar-refractivity contribution in [1.29, 1.82) is 5.41 Å². The molecule has 0 spiro atoms. The summed E-state index contributed by atoms with van der Waals surface area (Å²) in [6.07, 6.45) is 1.58. The third-order valence-corrected chi connectivity index (χ3v) is 2.94. The summed E-state index contributed by atoms with van der Waals surface area (Å²) in [5, 5.41) is 7.39. The van der Waals surface area contributed by atoms with E-state index in [1.165, 1.54) is 5.56 Å². The second kappa shape index (κ2) is 5.33. The topological polar surface area (TPSA) is 72.0 Å². The molecular formula is C16H19N3O. The van der Waals surface area contributed by atoms with Gasteiger partial charge in [-0.05, 0) is 29.2 Å². The summed E-state index contributed by atoms with van der Waals surface area (Å²) in [6.45, 7) is 6.48. The molecule has 20 heavy (non-hydrogen) atoms. The molecule has 3 N–H and O–H groups in total. The van der Waals surface area contributed by atoms with Gasteiger partial charge in [0.25, 0.3) is 0 Å². The maximum atomic E-state index is 7.39. The predicted molar refractivity (Wildman–Crippen MR) is 80.5 cm³/mol. The van der Waals surface area contributed by atoms with E-state index in [1.807, 2.05) is 18.2 Å². The minimum absolute atomic E-state index is 0.0705. The van der Waals surface area contributed by atoms with Crippen molar-refractivity contribution < 1.29 is 4.74 Å². The van der Waals surface area contributed by atoms with E-state index in [9.17, 15) is 0 Å². The standard InChI is InChI=1S/C16H19N3O/c1-16(2,3)11-5-4-6-12(9-11)20-13-7-8-19-14(10-13)15(17)18/h4-10H,1-3H3,(H3,17,18). The van der Waals surface area contributed by atoms with Crippen molar-refractivity contribution in [1.82, 2.24) is 4.98 Å². The molecule has 0 bridgehead atoms. The molecule has 4 nitrogen and oxygen atoms in total. The Morgan fingerprint density at radius 1 is 1.15 bits per heavy atom. The number of nitrogens with two attached hydrogens (primary N) is 1. The largest absolute Gasteiger partial charge is 0.457 e. The van der Waals surface area contributed by atoms with Crippen molar-refractivity contribution in [3.63, 3.8) is 0 Å². The number of nitrogens with zero attached hydrogens (tertiary/aromatic N) is 1. The molecule has 2 aromatic rings. The first-order valence-corrected chi connectivity index (χ1v) is 6.45. The van der Waals surface area contributed by atoms with Gasteiger partial charge in [-0.25, -0.2) is 0 Å². The molecule has 1 aromatic carbocycles. The van der Waals surface area contributed by atoms with E-state index in [1.54, 1.807) is 18.3 Å². The van der Waals surface area contributed by atoms with Crippen LogP contribution in [0.25, 0.3) is 0 Å². The fourth-order valence-corrected chi connectivity index (χ4v) is 1.78. The number of nitrogens with one attached hydrogen (secondary N) is 1. The molecule has 4 heteroatoms. The van der Waals surface area contributed by atoms with Crippen LogP contribution in [0.4, 0.5) is 0 Å². The van der Waals surface area contributed by atoms with Gasteiger partial charge < -0.3 is 10.5 Å². The molecule has 0 atom stereocenters. The summed E-state index contributed by atoms with van der Waals surface area (Å²) < 4.78 is 5.81. The van der Waals surface area contributed by atoms with Gasteiger partial charge in [-0.3, -0.25) is 10.4 Å². The van der Waals surface area contributed by atoms with Gasteiger partial charge in [-0.2, -0.15) is 0 Å². The van der Waals surface area contributed by atoms with Crippen LogP contribution in [0, 0.1) is 5.41 Å². The van der Waals surface area contributed by atoms with Crippen LogP contribution in [-0.2, 0) is 5.41 Å². The van der Waals surface area contributed by atoms with Crippen LogP contribution in [0.1, 0.15) is 32.0 Å². The van der Waals surface area contributed by atoms with E-state index < -0.39 is 0 Å². The third kappa shape index (κ3) is 3.35. The molecule has 1 heterocycles. The fraction of sp³-hybridized carbons (Fsp3) is 0.250. The molecule has 0 radical (unpaired) electrons. The molecule has 104 valence electrons. The zero-order chi connectivity index (χ0) is 14.8. The SMILES string of the molecule is CC(C)(C)c1cccc(Oc2ccnc(C(=N)N)c2)c1. The molecule has 0 amide bonds. The van der Waals surface area contributed by atoms with Crippen LogP contribution in [-0.4, -0.2) is 10.8 Å². The molecule has 1 aromatic heterocycles. The zero-order valence-corrected chi connectivity index (χ0v) is 12.0. The highest BCUT2D eigenvalue weighted by Gasteiger charge is 2.14. The van der Waals surface area contributed by atoms with Crippen LogP contribution in [0.3, 0.4) is 0 Å². The predicted octanol–water partition coefficient (Wildman–Crippen LogP) is 3.46. The van der Waals surface area contributed by atoms with Crippen LogP contribution in [0.15, 0.2) is 42.6 Å². The number of amidine groups is 1. The van der Waals surface area contributed by atoms with Gasteiger partial charge >= 0.3 is 0 Å². The molecule has 0 fully saturated rings. The Kier molecular flexibility index (Phi) is 3.74. The highest BCUT2D eigenvalue weighted by molar-refractivity contribution is 5.93. The van der Waals surface area contributed by atoms with E-state index in [2.05, 4.69) is 31.8 Å². The maximum absolute atomic E-state index is 7.39. The summed E-state index contributed by atoms with van der Waals surface area (Å²) >= 11 is 0. The first-order valence-electron chi connectivity index (χ1n) is 6.45. The lowest BCUT2D eigenvalue weighted by molar-refractivity contribution is 0.477. The molecule has 0 saturated heterocycles. The van der Waals surface area contributed by atoms with Crippen LogP contribution in [0.2, 0.25) is 0 Å². The summed E-state index contributed by atoms with van der Waals surface area (Å²) in [6, 6.07) is 11.4. The van der Waals surface area contributed by atoms with E-state index in [-0.39, 0.29) is 11.3 Å². The Morgan fingerprint density at radius 3 is 2.50 bits per heavy atom. The second-order valence-corrected chi connectivity index (χ2v) is 5.67. The maximum Gasteiger partial charge on any atom is 0.141 e. The minimum Gasteiger partial charge on any atom is -0.457 e. The first kappa shape index (κ1) is 14.1. The lowest BCUT2D eigenvalue weighted by Crippen LogP contribution is -2.12. The van der Waals surface area contributed by atoms with E-state index >= 15 is 0 Å². The Morgan fingerprint density at radius 2 is 1.85 bits per heavy atom. The summed E-state index contributed by atoms with van der Waals surface area (Å²) in [4.78, 5) is 4.01. The number of nitrogen functional groups attached to an aromatic ring is 1. The van der Waals surface area contributed by atoms with E-state index in [4.69, 9.17) is 15.9 Å². The van der Waals surface area contributed by atoms with Crippen molar-refractivity contribution in [2.24, 2.45) is 5.73 Å². The Bertz CT molecular complexity index is 630. The van der Waals surface area contributed by atoms with Crippen molar-refractivity contribution in [3.05, 3.63) is 53.9 Å². The van der Waals surface area contributed by atoms with Crippen LogP contribution in [0.5, 0.6) is 11.5 Å². The monoisotopic (exact) mass is 269 g/mol. The Balaban J connectivity index is 2.26. The Hall–Kier alpha value is -2.36. The van der Waals surface area contributed by atoms with Crippen LogP contribution < -0.4 is 10.5 Å². The highest BCUT2D eigenvalue weighted by atomic mass is 16.5. The van der Waals surface area contributed by atoms with Crippen LogP contribution >= 0.6 is 0 Å². The number of ether oxygens (including phenoxy) is 1. The molecule has 0 unspecified atom stereocenters. The first-order chi connectivity index (χ1) is 9.36. The number of rotatable bonds is 3. The fourth-order valence-electron chi connectivity index (χ4n) is 1.78. The van der Waals surface area contributed by atoms with E-state index in [0.29, 0.717) is 11.4 Å². The van der Waals surface area contributed by atoms with Gasteiger partial charge in [0.2, 0.25) is 0 Å². The quantitative estimate of drug-likeness (QED) is 0.662. The number of aromatic nitrogens is 1. The average Bonchev–Trinajstić information content (AvgIpc) is 2.38. The van der Waals surface area contributed by atoms with Crippen molar-refractivity contribution >= 4 is 5.84 Å². The molecule has 0 aliphatic heterocycles. The third-order valence-electron chi connectivity index (χ3n) is 2.94. The Labute approximate surface area is 119 Å². The number of hydrogen-bond donors (Lipinski definition) is 2. The summed E-state index contributed by atoms with van der Waals surface area (Å²) in [5.41, 5.74) is 7.11. The van der Waals surface area contributed by atoms with Gasteiger partial charge in [0, 0.05) is 12.3 Å². The van der Waals surface area contributed by atoms with Gasteiger partial charge in [-0.15, -0.1) is 0 Å². The highest BCUT2D eigenvalue weighted by Crippen LogP contribution is 2.28. The number of benzene rings is 1. The molecule has 0 aliphatic rings. The molecule has 0 saturated carbocycles. The molecule has 2 rings (SSSR count). The summed E-state index contributed by atoms with van der Waals surface area (Å²) in [5.74, 6) is 1.31. The van der Waals surface area contributed by atoms with E-state index in [0.717, 1.165) is 5.75 Å². The normalized spacial score (nSPS) is 11.2. The summed E-state index contributed by atoms with van der Waals surface area (Å²) in [7, 11) is 0. The van der Waals surface area contributed by atoms with Crippen molar-refractivity contribution in [3.8, 4) is 11.5 Å². The van der Waals surface area contributed by atoms with Gasteiger partial charge in [0.15, 0.2) is 0 Å². The lowest BCUT2D eigenvalue weighted by atomic mass is 9.87. The zero-order valence-electron chi connectivity index (χ0n) is 12.0. The average molecular weight is 269 g/mol. The van der Waals surface area contributed by atoms with Crippen molar-refractivity contribution in [2.45, 2.75) is 26.2 Å². The lowest BCUT2D eigenvalue weighted by Gasteiger charge is -2.19. The van der Waals surface area contributed by atoms with Gasteiger partial charge in [-0.1, -0.05) is 32.9 Å². The molecule has 0 aliphatic carbocycles.